The van der Waals surface area contributed by atoms with E-state index in [2.05, 4.69) is 21.9 Å². The molecule has 0 bridgehead atoms. The summed E-state index contributed by atoms with van der Waals surface area (Å²) in [4.78, 5) is 34.1. The number of halogens is 1. The molecule has 9 heteroatoms. The summed E-state index contributed by atoms with van der Waals surface area (Å²) in [6.07, 6.45) is 0.971. The highest BCUT2D eigenvalue weighted by molar-refractivity contribution is 7.22. The number of aromatic nitrogens is 1. The van der Waals surface area contributed by atoms with E-state index in [1.807, 2.05) is 30.3 Å². The number of esters is 2. The molecule has 2 aromatic carbocycles. The van der Waals surface area contributed by atoms with Gasteiger partial charge in [-0.15, -0.1) is 0 Å². The zero-order chi connectivity index (χ0) is 25.5. The Morgan fingerprint density at radius 3 is 2.39 bits per heavy atom. The quantitative estimate of drug-likeness (QED) is 0.272. The minimum absolute atomic E-state index is 0.241. The van der Waals surface area contributed by atoms with Crippen LogP contribution >= 0.6 is 22.9 Å². The summed E-state index contributed by atoms with van der Waals surface area (Å²) in [5.41, 5.74) is 3.31. The first kappa shape index (κ1) is 26.4. The second-order valence-corrected chi connectivity index (χ2v) is 10.2. The van der Waals surface area contributed by atoms with Crippen LogP contribution in [0.2, 0.25) is 5.02 Å². The number of carbonyl (C=O) groups excluding carboxylic acids is 2. The highest BCUT2D eigenvalue weighted by Gasteiger charge is 2.29. The van der Waals surface area contributed by atoms with Crippen LogP contribution in [0.1, 0.15) is 31.4 Å². The van der Waals surface area contributed by atoms with Crippen molar-refractivity contribution in [3.8, 4) is 0 Å². The topological polar surface area (TPSA) is 72.0 Å². The lowest BCUT2D eigenvalue weighted by molar-refractivity contribution is -0.161. The van der Waals surface area contributed by atoms with Gasteiger partial charge in [0.25, 0.3) is 0 Å². The lowest BCUT2D eigenvalue weighted by Gasteiger charge is -2.34. The Morgan fingerprint density at radius 1 is 1.00 bits per heavy atom. The molecule has 2 heterocycles. The summed E-state index contributed by atoms with van der Waals surface area (Å²) in [6, 6.07) is 14.2. The molecule has 1 aliphatic heterocycles. The molecule has 1 aliphatic rings. The third kappa shape index (κ3) is 6.75. The molecule has 0 amide bonds. The monoisotopic (exact) mass is 529 g/mol. The van der Waals surface area contributed by atoms with Gasteiger partial charge in [0.05, 0.1) is 23.4 Å². The van der Waals surface area contributed by atoms with Crippen molar-refractivity contribution in [2.24, 2.45) is 5.92 Å². The van der Waals surface area contributed by atoms with E-state index in [1.165, 1.54) is 5.56 Å². The molecule has 1 aromatic heterocycles. The van der Waals surface area contributed by atoms with Crippen molar-refractivity contribution in [2.45, 2.75) is 33.2 Å². The van der Waals surface area contributed by atoms with Crippen molar-refractivity contribution in [1.82, 2.24) is 9.88 Å². The maximum absolute atomic E-state index is 12.3. The molecule has 0 unspecified atom stereocenters. The number of fused-ring (bicyclic) bond motifs is 1. The third-order valence-electron chi connectivity index (χ3n) is 6.24. The Hall–Kier alpha value is -2.68. The first-order chi connectivity index (χ1) is 17.5. The number of carbonyl (C=O) groups is 2. The Labute approximate surface area is 221 Å². The molecule has 7 nitrogen and oxygen atoms in total. The lowest BCUT2D eigenvalue weighted by Crippen LogP contribution is -2.45. The summed E-state index contributed by atoms with van der Waals surface area (Å²) in [6.45, 7) is 8.56. The van der Waals surface area contributed by atoms with E-state index in [0.29, 0.717) is 12.8 Å². The molecular formula is C27H32ClN3O4S. The Morgan fingerprint density at radius 2 is 1.69 bits per heavy atom. The molecule has 0 atom stereocenters. The first-order valence-corrected chi connectivity index (χ1v) is 13.6. The van der Waals surface area contributed by atoms with Crippen LogP contribution in [-0.4, -0.2) is 61.2 Å². The number of ether oxygens (including phenoxy) is 2. The zero-order valence-electron chi connectivity index (χ0n) is 20.7. The average Bonchev–Trinajstić information content (AvgIpc) is 3.28. The number of piperazine rings is 1. The number of rotatable bonds is 10. The fraction of sp³-hybridized carbons (Fsp3) is 0.444. The van der Waals surface area contributed by atoms with Gasteiger partial charge in [-0.25, -0.2) is 4.98 Å². The number of aryl methyl sites for hydroxylation is 1. The Bertz CT molecular complexity index is 1170. The minimum atomic E-state index is -0.889. The van der Waals surface area contributed by atoms with Gasteiger partial charge in [0.15, 0.2) is 11.0 Å². The van der Waals surface area contributed by atoms with E-state index in [-0.39, 0.29) is 13.2 Å². The standard InChI is InChI=1S/C27H32ClN3O4S/c1-3-34-25(32)22(26(33)35-4-2)10-8-19-6-5-7-20(16-19)18-30-12-14-31(15-13-30)27-29-23-11-9-21(28)17-24(23)36-27/h5-7,9,11,16-17,22H,3-4,8,10,12-15,18H2,1-2H3. The molecule has 36 heavy (non-hydrogen) atoms. The second-order valence-electron chi connectivity index (χ2n) is 8.79. The van der Waals surface area contributed by atoms with Gasteiger partial charge >= 0.3 is 11.9 Å². The fourth-order valence-corrected chi connectivity index (χ4v) is 5.68. The van der Waals surface area contributed by atoms with E-state index in [4.69, 9.17) is 26.1 Å². The van der Waals surface area contributed by atoms with Crippen molar-refractivity contribution in [3.05, 3.63) is 58.6 Å². The van der Waals surface area contributed by atoms with E-state index in [9.17, 15) is 9.59 Å². The summed E-state index contributed by atoms with van der Waals surface area (Å²) < 4.78 is 11.3. The molecule has 0 spiro atoms. The number of thiazole rings is 1. The maximum atomic E-state index is 12.3. The average molecular weight is 530 g/mol. The predicted molar refractivity (Wildman–Crippen MR) is 144 cm³/mol. The summed E-state index contributed by atoms with van der Waals surface area (Å²) in [5, 5.41) is 1.79. The van der Waals surface area contributed by atoms with Gasteiger partial charge in [0.1, 0.15) is 0 Å². The molecule has 4 rings (SSSR count). The SMILES string of the molecule is CCOC(=O)C(CCc1cccc(CN2CCN(c3nc4ccc(Cl)cc4s3)CC2)c1)C(=O)OCC. The third-order valence-corrected chi connectivity index (χ3v) is 7.56. The lowest BCUT2D eigenvalue weighted by atomic mass is 9.98. The second kappa shape index (κ2) is 12.5. The largest absolute Gasteiger partial charge is 0.465 e. The summed E-state index contributed by atoms with van der Waals surface area (Å²) >= 11 is 7.82. The normalized spacial score (nSPS) is 14.4. The van der Waals surface area contributed by atoms with Crippen molar-refractivity contribution in [3.63, 3.8) is 0 Å². The van der Waals surface area contributed by atoms with Gasteiger partial charge in [-0.05, 0) is 56.0 Å². The summed E-state index contributed by atoms with van der Waals surface area (Å²) in [7, 11) is 0. The summed E-state index contributed by atoms with van der Waals surface area (Å²) in [5.74, 6) is -1.91. The van der Waals surface area contributed by atoms with Crippen LogP contribution < -0.4 is 4.90 Å². The van der Waals surface area contributed by atoms with Crippen LogP contribution in [0.5, 0.6) is 0 Å². The maximum Gasteiger partial charge on any atom is 0.320 e. The molecule has 3 aromatic rings. The van der Waals surface area contributed by atoms with Gasteiger partial charge in [-0.2, -0.15) is 0 Å². The highest BCUT2D eigenvalue weighted by atomic mass is 35.5. The van der Waals surface area contributed by atoms with Crippen LogP contribution in [0.4, 0.5) is 5.13 Å². The van der Waals surface area contributed by atoms with E-state index in [1.54, 1.807) is 25.2 Å². The van der Waals surface area contributed by atoms with Gasteiger partial charge in [-0.1, -0.05) is 47.2 Å². The fourth-order valence-electron chi connectivity index (χ4n) is 4.39. The molecule has 1 fully saturated rings. The Balaban J connectivity index is 1.31. The van der Waals surface area contributed by atoms with Crippen LogP contribution in [0, 0.1) is 5.92 Å². The molecule has 0 aliphatic carbocycles. The number of hydrogen-bond acceptors (Lipinski definition) is 8. The van der Waals surface area contributed by atoms with Crippen LogP contribution in [0.15, 0.2) is 42.5 Å². The predicted octanol–water partition coefficient (Wildman–Crippen LogP) is 4.95. The number of benzene rings is 2. The van der Waals surface area contributed by atoms with Crippen molar-refractivity contribution in [1.29, 1.82) is 0 Å². The van der Waals surface area contributed by atoms with E-state index in [0.717, 1.165) is 58.7 Å². The smallest absolute Gasteiger partial charge is 0.320 e. The van der Waals surface area contributed by atoms with Crippen molar-refractivity contribution in [2.75, 3.05) is 44.3 Å². The molecule has 0 N–H and O–H groups in total. The van der Waals surface area contributed by atoms with Crippen molar-refractivity contribution < 1.29 is 19.1 Å². The van der Waals surface area contributed by atoms with Gasteiger partial charge < -0.3 is 14.4 Å². The van der Waals surface area contributed by atoms with Crippen LogP contribution in [0.25, 0.3) is 10.2 Å². The van der Waals surface area contributed by atoms with E-state index >= 15 is 0 Å². The van der Waals surface area contributed by atoms with Gasteiger partial charge in [-0.3, -0.25) is 14.5 Å². The van der Waals surface area contributed by atoms with Crippen molar-refractivity contribution >= 4 is 50.2 Å². The molecule has 0 saturated carbocycles. The van der Waals surface area contributed by atoms with Gasteiger partial charge in [0.2, 0.25) is 0 Å². The molecular weight excluding hydrogens is 498 g/mol. The molecule has 0 radical (unpaired) electrons. The van der Waals surface area contributed by atoms with Crippen LogP contribution in [-0.2, 0) is 32.0 Å². The first-order valence-electron chi connectivity index (χ1n) is 12.4. The Kier molecular flexibility index (Phi) is 9.18. The number of nitrogens with zero attached hydrogens (tertiary/aromatic N) is 3. The van der Waals surface area contributed by atoms with Crippen LogP contribution in [0.3, 0.4) is 0 Å². The minimum Gasteiger partial charge on any atom is -0.465 e. The highest BCUT2D eigenvalue weighted by Crippen LogP contribution is 2.31. The number of hydrogen-bond donors (Lipinski definition) is 0. The van der Waals surface area contributed by atoms with E-state index < -0.39 is 17.9 Å². The van der Waals surface area contributed by atoms with Gasteiger partial charge in [0, 0.05) is 37.7 Å². The zero-order valence-corrected chi connectivity index (χ0v) is 22.3. The number of anilines is 1. The molecule has 192 valence electrons. The molecule has 1 saturated heterocycles.